The first-order valence-electron chi connectivity index (χ1n) is 11.9. The molecule has 0 saturated heterocycles. The number of nitrogens with zero attached hydrogens (tertiary/aromatic N) is 4. The Morgan fingerprint density at radius 1 is 1.03 bits per heavy atom. The third-order valence-corrected chi connectivity index (χ3v) is 5.62. The van der Waals surface area contributed by atoms with Crippen LogP contribution in [-0.4, -0.2) is 90.5 Å². The number of alkyl halides is 1. The molecule has 39 heavy (non-hydrogen) atoms. The van der Waals surface area contributed by atoms with E-state index in [9.17, 15) is 38.6 Å². The Hall–Kier alpha value is -4.76. The Bertz CT molecular complexity index is 1170. The van der Waals surface area contributed by atoms with Gasteiger partial charge in [0, 0.05) is 18.5 Å². The fraction of sp³-hybridized carbons (Fsp3) is 0.435. The second kappa shape index (κ2) is 14.8. The van der Waals surface area contributed by atoms with E-state index in [2.05, 4.69) is 20.9 Å². The van der Waals surface area contributed by atoms with Gasteiger partial charge in [0.2, 0.25) is 0 Å². The van der Waals surface area contributed by atoms with Crippen LogP contribution in [0.15, 0.2) is 30.5 Å². The molecule has 2 aromatic rings. The van der Waals surface area contributed by atoms with Gasteiger partial charge >= 0.3 is 30.0 Å². The molecule has 0 unspecified atom stereocenters. The van der Waals surface area contributed by atoms with Crippen molar-refractivity contribution in [1.29, 1.82) is 0 Å². The predicted molar refractivity (Wildman–Crippen MR) is 133 cm³/mol. The average molecular weight is 552 g/mol. The number of benzene rings is 1. The van der Waals surface area contributed by atoms with Crippen LogP contribution in [0.1, 0.15) is 32.1 Å². The number of hydrogen-bond donors (Lipinski definition) is 6. The Morgan fingerprint density at radius 3 is 2.31 bits per heavy atom. The number of unbranched alkanes of at least 4 members (excludes halogenated alkanes) is 1. The van der Waals surface area contributed by atoms with Gasteiger partial charge in [0.05, 0.1) is 18.4 Å². The zero-order valence-electron chi connectivity index (χ0n) is 20.8. The average Bonchev–Trinajstić information content (AvgIpc) is 3.33. The first-order valence-corrected chi connectivity index (χ1v) is 11.9. The Balaban J connectivity index is 1.94. The van der Waals surface area contributed by atoms with Crippen LogP contribution in [0.4, 0.5) is 19.7 Å². The molecule has 2 atom stereocenters. The highest BCUT2D eigenvalue weighted by Gasteiger charge is 2.37. The molecule has 7 N–H and O–H groups in total. The fourth-order valence-electron chi connectivity index (χ4n) is 3.81. The number of primary amides is 1. The van der Waals surface area contributed by atoms with Crippen molar-refractivity contribution >= 4 is 35.7 Å². The normalized spacial score (nSPS) is 12.2. The van der Waals surface area contributed by atoms with Gasteiger partial charge in [-0.05, 0) is 31.7 Å². The van der Waals surface area contributed by atoms with Crippen LogP contribution < -0.4 is 16.4 Å². The molecule has 0 aliphatic rings. The molecule has 0 fully saturated rings. The highest BCUT2D eigenvalue weighted by atomic mass is 19.1. The quantitative estimate of drug-likeness (QED) is 0.164. The topological polar surface area (TPSA) is 230 Å². The van der Waals surface area contributed by atoms with Gasteiger partial charge in [-0.3, -0.25) is 9.69 Å². The van der Waals surface area contributed by atoms with Crippen LogP contribution in [-0.2, 0) is 20.9 Å². The predicted octanol–water partition coefficient (Wildman–Crippen LogP) is 1.36. The maximum atomic E-state index is 12.5. The number of nitrogens with two attached hydrogens (primary N) is 1. The van der Waals surface area contributed by atoms with Crippen LogP contribution in [0.3, 0.4) is 0 Å². The number of halogens is 1. The molecule has 16 heteroatoms. The number of carbonyl (C=O) groups excluding carboxylic acids is 2. The zero-order valence-corrected chi connectivity index (χ0v) is 20.8. The minimum absolute atomic E-state index is 0.0440. The van der Waals surface area contributed by atoms with Gasteiger partial charge in [0.1, 0.15) is 24.5 Å². The summed E-state index contributed by atoms with van der Waals surface area (Å²) in [6.07, 6.45) is 0.674. The maximum absolute atomic E-state index is 12.5. The lowest BCUT2D eigenvalue weighted by Crippen LogP contribution is -2.55. The summed E-state index contributed by atoms with van der Waals surface area (Å²) in [6.45, 7) is -0.447. The minimum Gasteiger partial charge on any atom is -0.481 e. The van der Waals surface area contributed by atoms with Crippen molar-refractivity contribution < 1.29 is 43.7 Å². The molecule has 0 aliphatic carbocycles. The van der Waals surface area contributed by atoms with Crippen molar-refractivity contribution in [1.82, 2.24) is 25.2 Å². The largest absolute Gasteiger partial charge is 0.481 e. The minimum atomic E-state index is -1.73. The van der Waals surface area contributed by atoms with E-state index in [0.717, 1.165) is 0 Å². The highest BCUT2D eigenvalue weighted by molar-refractivity contribution is 5.94. The number of urea groups is 2. The van der Waals surface area contributed by atoms with E-state index in [1.54, 1.807) is 30.5 Å². The number of carbonyl (C=O) groups is 5. The van der Waals surface area contributed by atoms with Gasteiger partial charge in [-0.2, -0.15) is 0 Å². The lowest BCUT2D eigenvalue weighted by atomic mass is 10.0. The lowest BCUT2D eigenvalue weighted by molar-refractivity contribution is -0.149. The summed E-state index contributed by atoms with van der Waals surface area (Å²) in [4.78, 5) is 59.1. The standard InChI is InChI=1S/C23H30FN7O8/c24-10-12-30-13-16(28-29-30)14-5-1-2-6-15(14)27-23(39)26-11-4-3-7-17(20(34)35)31(22(25)38)18(21(36)37)8-9-19(32)33/h1-2,5-6,13,17-18H,3-4,7-12H2,(H2,25,38)(H,32,33)(H,34,35)(H,36,37)(H2,26,27,39)/t17-,18-/m0/s1. The molecule has 0 radical (unpaired) electrons. The molecule has 0 saturated carbocycles. The van der Waals surface area contributed by atoms with Gasteiger partial charge in [0.15, 0.2) is 0 Å². The molecule has 1 aromatic carbocycles. The number of hydrogen-bond acceptors (Lipinski definition) is 7. The first kappa shape index (κ1) is 30.5. The van der Waals surface area contributed by atoms with E-state index in [4.69, 9.17) is 10.8 Å². The smallest absolute Gasteiger partial charge is 0.326 e. The van der Waals surface area contributed by atoms with E-state index in [1.807, 2.05) is 0 Å². The molecule has 0 spiro atoms. The van der Waals surface area contributed by atoms with Gasteiger partial charge in [0.25, 0.3) is 0 Å². The van der Waals surface area contributed by atoms with Crippen molar-refractivity contribution in [2.75, 3.05) is 18.5 Å². The second-order valence-electron chi connectivity index (χ2n) is 8.36. The highest BCUT2D eigenvalue weighted by Crippen LogP contribution is 2.25. The molecule has 1 aromatic heterocycles. The number of para-hydroxylation sites is 1. The monoisotopic (exact) mass is 551 g/mol. The maximum Gasteiger partial charge on any atom is 0.326 e. The number of carboxylic acids is 3. The third-order valence-electron chi connectivity index (χ3n) is 5.62. The summed E-state index contributed by atoms with van der Waals surface area (Å²) in [7, 11) is 0. The van der Waals surface area contributed by atoms with Crippen molar-refractivity contribution in [2.45, 2.75) is 50.7 Å². The molecule has 1 heterocycles. The van der Waals surface area contributed by atoms with Crippen LogP contribution in [0, 0.1) is 0 Å². The number of nitrogens with one attached hydrogen (secondary N) is 2. The molecule has 0 bridgehead atoms. The summed E-state index contributed by atoms with van der Waals surface area (Å²) in [6, 6.07) is 1.57. The molecule has 4 amide bonds. The van der Waals surface area contributed by atoms with E-state index in [1.165, 1.54) is 4.68 Å². The van der Waals surface area contributed by atoms with Gasteiger partial charge in [-0.25, -0.2) is 28.3 Å². The number of aliphatic carboxylic acids is 3. The van der Waals surface area contributed by atoms with Gasteiger partial charge < -0.3 is 31.7 Å². The Kier molecular flexibility index (Phi) is 11.6. The Morgan fingerprint density at radius 2 is 1.69 bits per heavy atom. The van der Waals surface area contributed by atoms with Crippen molar-refractivity contribution in [2.24, 2.45) is 5.73 Å². The summed E-state index contributed by atoms with van der Waals surface area (Å²) >= 11 is 0. The van der Waals surface area contributed by atoms with Crippen LogP contribution in [0.25, 0.3) is 11.3 Å². The molecule has 0 aliphatic heterocycles. The molecule has 2 rings (SSSR count). The number of anilines is 1. The number of aromatic nitrogens is 3. The molecule has 15 nitrogen and oxygen atoms in total. The third kappa shape index (κ3) is 9.24. The van der Waals surface area contributed by atoms with Gasteiger partial charge in [-0.1, -0.05) is 23.4 Å². The second-order valence-corrected chi connectivity index (χ2v) is 8.36. The van der Waals surface area contributed by atoms with E-state index in [-0.39, 0.29) is 32.4 Å². The van der Waals surface area contributed by atoms with E-state index in [0.29, 0.717) is 21.8 Å². The van der Waals surface area contributed by atoms with E-state index >= 15 is 0 Å². The van der Waals surface area contributed by atoms with Crippen LogP contribution in [0.5, 0.6) is 0 Å². The number of carboxylic acid groups (broad SMARTS) is 3. The number of rotatable bonds is 16. The number of aryl methyl sites for hydroxylation is 1. The summed E-state index contributed by atoms with van der Waals surface area (Å²) in [5, 5.41) is 41.0. The SMILES string of the molecule is NC(=O)N([C@@H](CCCCNC(=O)Nc1ccccc1-c1cn(CCF)nn1)C(=O)O)[C@@H](CCC(=O)O)C(=O)O. The van der Waals surface area contributed by atoms with Crippen LogP contribution in [0.2, 0.25) is 0 Å². The number of amides is 4. The molecular weight excluding hydrogens is 521 g/mol. The van der Waals surface area contributed by atoms with Gasteiger partial charge in [-0.15, -0.1) is 5.10 Å². The zero-order chi connectivity index (χ0) is 28.9. The lowest BCUT2D eigenvalue weighted by Gasteiger charge is -2.32. The summed E-state index contributed by atoms with van der Waals surface area (Å²) < 4.78 is 13.9. The molecular formula is C23H30FN7O8. The molecule has 212 valence electrons. The van der Waals surface area contributed by atoms with Crippen molar-refractivity contribution in [3.05, 3.63) is 30.5 Å². The van der Waals surface area contributed by atoms with Crippen molar-refractivity contribution in [3.63, 3.8) is 0 Å². The summed E-state index contributed by atoms with van der Waals surface area (Å²) in [5.41, 5.74) is 6.67. The van der Waals surface area contributed by atoms with Crippen molar-refractivity contribution in [3.8, 4) is 11.3 Å². The summed E-state index contributed by atoms with van der Waals surface area (Å²) in [5.74, 6) is -4.39. The fourth-order valence-corrected chi connectivity index (χ4v) is 3.81. The first-order chi connectivity index (χ1) is 18.5. The van der Waals surface area contributed by atoms with Crippen LogP contribution >= 0.6 is 0 Å². The Labute approximate surface area is 221 Å². The van der Waals surface area contributed by atoms with E-state index < -0.39 is 61.6 Å².